The van der Waals surface area contributed by atoms with Gasteiger partial charge in [-0.2, -0.15) is 5.10 Å². The molecule has 1 N–H and O–H groups in total. The van der Waals surface area contributed by atoms with Crippen LogP contribution < -0.4 is 4.74 Å². The van der Waals surface area contributed by atoms with Gasteiger partial charge in [0.25, 0.3) is 0 Å². The summed E-state index contributed by atoms with van der Waals surface area (Å²) in [6.07, 6.45) is 7.26. The van der Waals surface area contributed by atoms with Gasteiger partial charge in [0.05, 0.1) is 12.7 Å². The number of ether oxygens (including phenoxy) is 2. The van der Waals surface area contributed by atoms with E-state index in [-0.39, 0.29) is 5.82 Å². The molecule has 1 unspecified atom stereocenters. The van der Waals surface area contributed by atoms with Crippen molar-refractivity contribution in [1.82, 2.24) is 24.7 Å². The third-order valence-electron chi connectivity index (χ3n) is 6.22. The van der Waals surface area contributed by atoms with Gasteiger partial charge in [0.2, 0.25) is 0 Å². The average molecular weight is 460 g/mol. The molecule has 0 spiro atoms. The number of benzene rings is 2. The molecule has 1 aliphatic rings. The molecule has 1 atom stereocenters. The first-order chi connectivity index (χ1) is 16.5. The number of hydrogen-bond donors (Lipinski definition) is 1. The molecule has 0 saturated heterocycles. The fraction of sp³-hybridized carbons (Fsp3) is 0.269. The predicted octanol–water partition coefficient (Wildman–Crippen LogP) is 4.98. The summed E-state index contributed by atoms with van der Waals surface area (Å²) in [7, 11) is 3.31. The molecule has 4 aromatic rings. The largest absolute Gasteiger partial charge is 0.496 e. The Bertz CT molecular complexity index is 1340. The molecule has 8 heteroatoms. The van der Waals surface area contributed by atoms with Crippen LogP contribution in [0.25, 0.3) is 23.5 Å². The van der Waals surface area contributed by atoms with Crippen molar-refractivity contribution in [1.29, 1.82) is 0 Å². The first-order valence-corrected chi connectivity index (χ1v) is 11.2. The lowest BCUT2D eigenvalue weighted by molar-refractivity contribution is -0.00954. The summed E-state index contributed by atoms with van der Waals surface area (Å²) in [6, 6.07) is 12.4. The van der Waals surface area contributed by atoms with Gasteiger partial charge in [0.15, 0.2) is 17.2 Å². The van der Waals surface area contributed by atoms with Crippen LogP contribution in [0.15, 0.2) is 48.7 Å². The molecule has 0 aliphatic carbocycles. The number of rotatable bonds is 6. The van der Waals surface area contributed by atoms with Crippen LogP contribution in [-0.4, -0.2) is 39.0 Å². The number of imidazole rings is 1. The third-order valence-corrected chi connectivity index (χ3v) is 6.22. The van der Waals surface area contributed by atoms with Gasteiger partial charge in [-0.25, -0.2) is 19.0 Å². The highest BCUT2D eigenvalue weighted by Crippen LogP contribution is 2.40. The molecule has 2 aromatic heterocycles. The number of aromatic nitrogens is 5. The van der Waals surface area contributed by atoms with Crippen molar-refractivity contribution in [3.63, 3.8) is 0 Å². The Balaban J connectivity index is 1.45. The van der Waals surface area contributed by atoms with Crippen LogP contribution >= 0.6 is 0 Å². The van der Waals surface area contributed by atoms with E-state index in [0.29, 0.717) is 5.82 Å². The van der Waals surface area contributed by atoms with Gasteiger partial charge >= 0.3 is 0 Å². The average Bonchev–Trinajstić information content (AvgIpc) is 3.49. The lowest BCUT2D eigenvalue weighted by atomic mass is 9.86. The molecule has 0 radical (unpaired) electrons. The molecule has 3 heterocycles. The second-order valence-corrected chi connectivity index (χ2v) is 8.37. The Kier molecular flexibility index (Phi) is 5.75. The number of hydrogen-bond acceptors (Lipinski definition) is 5. The van der Waals surface area contributed by atoms with Crippen LogP contribution in [0.1, 0.15) is 41.3 Å². The second-order valence-electron chi connectivity index (χ2n) is 8.37. The van der Waals surface area contributed by atoms with Gasteiger partial charge in [0.1, 0.15) is 17.4 Å². The van der Waals surface area contributed by atoms with Crippen molar-refractivity contribution in [3.05, 3.63) is 82.9 Å². The second kappa shape index (κ2) is 8.87. The first kappa shape index (κ1) is 22.0. The number of aryl methyl sites for hydroxylation is 2. The van der Waals surface area contributed by atoms with Gasteiger partial charge in [0, 0.05) is 25.5 Å². The highest BCUT2D eigenvalue weighted by atomic mass is 19.1. The SMILES string of the molecule is COc1cc(C=Cc2nc3n(n2)CCCC3(OC)c2ccc(F)cc2)ccc1-c1ncc(C)[nH]1. The van der Waals surface area contributed by atoms with Crippen LogP contribution in [0, 0.1) is 12.7 Å². The molecule has 2 aromatic carbocycles. The Labute approximate surface area is 197 Å². The highest BCUT2D eigenvalue weighted by molar-refractivity contribution is 5.72. The minimum atomic E-state index is -0.753. The van der Waals surface area contributed by atoms with Crippen LogP contribution in [0.5, 0.6) is 5.75 Å². The van der Waals surface area contributed by atoms with Crippen molar-refractivity contribution in [3.8, 4) is 17.1 Å². The zero-order valence-electron chi connectivity index (χ0n) is 19.4. The van der Waals surface area contributed by atoms with Gasteiger partial charge < -0.3 is 14.5 Å². The number of methoxy groups -OCH3 is 2. The Hall–Kier alpha value is -3.78. The van der Waals surface area contributed by atoms with Crippen molar-refractivity contribution in [2.45, 2.75) is 31.9 Å². The first-order valence-electron chi connectivity index (χ1n) is 11.2. The zero-order valence-corrected chi connectivity index (χ0v) is 19.4. The van der Waals surface area contributed by atoms with Crippen molar-refractivity contribution in [2.24, 2.45) is 0 Å². The molecule has 0 fully saturated rings. The maximum Gasteiger partial charge on any atom is 0.174 e. The number of halogens is 1. The van der Waals surface area contributed by atoms with E-state index in [0.717, 1.165) is 59.2 Å². The molecule has 174 valence electrons. The van der Waals surface area contributed by atoms with E-state index in [9.17, 15) is 4.39 Å². The number of nitrogens with zero attached hydrogens (tertiary/aromatic N) is 4. The van der Waals surface area contributed by atoms with Crippen LogP contribution in [0.3, 0.4) is 0 Å². The Morgan fingerprint density at radius 2 is 1.94 bits per heavy atom. The maximum atomic E-state index is 13.5. The number of nitrogens with one attached hydrogen (secondary N) is 1. The normalized spacial score (nSPS) is 17.8. The number of fused-ring (bicyclic) bond motifs is 1. The molecular weight excluding hydrogens is 433 g/mol. The monoisotopic (exact) mass is 459 g/mol. The smallest absolute Gasteiger partial charge is 0.174 e. The number of aromatic amines is 1. The van der Waals surface area contributed by atoms with Crippen molar-refractivity contribution >= 4 is 12.2 Å². The Morgan fingerprint density at radius 3 is 2.65 bits per heavy atom. The highest BCUT2D eigenvalue weighted by Gasteiger charge is 2.41. The van der Waals surface area contributed by atoms with Gasteiger partial charge in [-0.05, 0) is 61.2 Å². The van der Waals surface area contributed by atoms with Gasteiger partial charge in [-0.1, -0.05) is 24.3 Å². The summed E-state index contributed by atoms with van der Waals surface area (Å²) in [5.74, 6) is 2.53. The van der Waals surface area contributed by atoms with E-state index in [2.05, 4.69) is 15.1 Å². The van der Waals surface area contributed by atoms with Crippen molar-refractivity contribution < 1.29 is 13.9 Å². The Morgan fingerprint density at radius 1 is 1.12 bits per heavy atom. The van der Waals surface area contributed by atoms with Gasteiger partial charge in [-0.15, -0.1) is 0 Å². The summed E-state index contributed by atoms with van der Waals surface area (Å²) in [4.78, 5) is 12.4. The standard InChI is InChI=1S/C26H26FN5O2/c1-17-16-28-24(29-17)21-11-5-18(15-22(21)33-2)6-12-23-30-25-26(34-3,13-4-14-32(25)31-23)19-7-9-20(27)10-8-19/h5-12,15-16H,4,13-14H2,1-3H3,(H,28,29). The molecule has 0 saturated carbocycles. The fourth-order valence-electron chi connectivity index (χ4n) is 4.51. The topological polar surface area (TPSA) is 77.8 Å². The lowest BCUT2D eigenvalue weighted by Gasteiger charge is -2.35. The van der Waals surface area contributed by atoms with Crippen molar-refractivity contribution in [2.75, 3.05) is 14.2 Å². The molecule has 5 rings (SSSR count). The molecule has 1 aliphatic heterocycles. The van der Waals surface area contributed by atoms with Crippen LogP contribution in [0.4, 0.5) is 4.39 Å². The summed E-state index contributed by atoms with van der Waals surface area (Å²) < 4.78 is 27.0. The van der Waals surface area contributed by atoms with Gasteiger partial charge in [-0.3, -0.25) is 0 Å². The minimum absolute atomic E-state index is 0.278. The molecular formula is C26H26FN5O2. The summed E-state index contributed by atoms with van der Waals surface area (Å²) in [6.45, 7) is 2.72. The quantitative estimate of drug-likeness (QED) is 0.440. The molecule has 0 bridgehead atoms. The fourth-order valence-corrected chi connectivity index (χ4v) is 4.51. The minimum Gasteiger partial charge on any atom is -0.496 e. The number of H-pyrrole nitrogens is 1. The summed E-state index contributed by atoms with van der Waals surface area (Å²) in [5, 5.41) is 4.68. The maximum absolute atomic E-state index is 13.5. The van der Waals surface area contributed by atoms with E-state index >= 15 is 0 Å². The predicted molar refractivity (Wildman–Crippen MR) is 128 cm³/mol. The summed E-state index contributed by atoms with van der Waals surface area (Å²) in [5.41, 5.74) is 2.95. The molecule has 34 heavy (non-hydrogen) atoms. The lowest BCUT2D eigenvalue weighted by Crippen LogP contribution is -2.37. The van der Waals surface area contributed by atoms with E-state index in [4.69, 9.17) is 14.5 Å². The third kappa shape index (κ3) is 3.90. The van der Waals surface area contributed by atoms with E-state index in [1.807, 2.05) is 42.0 Å². The van der Waals surface area contributed by atoms with E-state index < -0.39 is 5.60 Å². The van der Waals surface area contributed by atoms with Crippen LogP contribution in [0.2, 0.25) is 0 Å². The van der Waals surface area contributed by atoms with E-state index in [1.54, 1.807) is 32.5 Å². The van der Waals surface area contributed by atoms with Crippen LogP contribution in [-0.2, 0) is 16.9 Å². The van der Waals surface area contributed by atoms with E-state index in [1.165, 1.54) is 12.1 Å². The molecule has 0 amide bonds. The molecule has 7 nitrogen and oxygen atoms in total. The summed E-state index contributed by atoms with van der Waals surface area (Å²) >= 11 is 0. The zero-order chi connectivity index (χ0) is 23.7.